The fourth-order valence-corrected chi connectivity index (χ4v) is 4.47. The first-order valence-electron chi connectivity index (χ1n) is 11.5. The van der Waals surface area contributed by atoms with Gasteiger partial charge in [-0.1, -0.05) is 18.6 Å². The molecule has 2 aromatic rings. The van der Waals surface area contributed by atoms with Crippen LogP contribution in [-0.4, -0.2) is 71.5 Å². The summed E-state index contributed by atoms with van der Waals surface area (Å²) in [7, 11) is 0. The minimum absolute atomic E-state index is 0.549. The van der Waals surface area contributed by atoms with Crippen molar-refractivity contribution in [2.45, 2.75) is 44.8 Å². The minimum atomic E-state index is -0.749. The van der Waals surface area contributed by atoms with Crippen molar-refractivity contribution in [3.8, 4) is 5.75 Å². The molecule has 2 saturated heterocycles. The van der Waals surface area contributed by atoms with Gasteiger partial charge in [0.15, 0.2) is 0 Å². The van der Waals surface area contributed by atoms with Crippen LogP contribution in [0.1, 0.15) is 36.9 Å². The van der Waals surface area contributed by atoms with Crippen LogP contribution in [0.15, 0.2) is 36.7 Å². The number of ether oxygens (including phenoxy) is 1. The van der Waals surface area contributed by atoms with Gasteiger partial charge in [0, 0.05) is 44.5 Å². The summed E-state index contributed by atoms with van der Waals surface area (Å²) in [6.07, 6.45) is 6.29. The lowest BCUT2D eigenvalue weighted by Gasteiger charge is -2.26. The molecule has 0 radical (unpaired) electrons. The van der Waals surface area contributed by atoms with E-state index in [2.05, 4.69) is 37.2 Å². The molecule has 0 spiro atoms. The molecule has 168 valence electrons. The van der Waals surface area contributed by atoms with Crippen molar-refractivity contribution in [1.29, 1.82) is 0 Å². The molecule has 0 bridgehead atoms. The van der Waals surface area contributed by atoms with Gasteiger partial charge in [-0.2, -0.15) is 0 Å². The van der Waals surface area contributed by atoms with Crippen molar-refractivity contribution in [2.75, 3.05) is 50.8 Å². The van der Waals surface area contributed by atoms with Crippen LogP contribution in [0.25, 0.3) is 0 Å². The number of rotatable bonds is 9. The molecule has 2 N–H and O–H groups in total. The van der Waals surface area contributed by atoms with Gasteiger partial charge in [0.1, 0.15) is 24.5 Å². The summed E-state index contributed by atoms with van der Waals surface area (Å²) >= 11 is 0. The first-order valence-corrected chi connectivity index (χ1v) is 11.5. The molecule has 7 heteroatoms. The summed E-state index contributed by atoms with van der Waals surface area (Å²) < 4.78 is 5.98. The second-order valence-corrected chi connectivity index (χ2v) is 8.92. The number of piperidine rings is 1. The summed E-state index contributed by atoms with van der Waals surface area (Å²) in [4.78, 5) is 13.1. The Labute approximate surface area is 185 Å². The van der Waals surface area contributed by atoms with Crippen molar-refractivity contribution in [2.24, 2.45) is 0 Å². The first-order chi connectivity index (χ1) is 15.1. The third-order valence-corrected chi connectivity index (χ3v) is 6.25. The van der Waals surface area contributed by atoms with E-state index in [1.54, 1.807) is 6.33 Å². The zero-order chi connectivity index (χ0) is 21.5. The van der Waals surface area contributed by atoms with Gasteiger partial charge in [0.25, 0.3) is 0 Å². The minimum Gasteiger partial charge on any atom is -0.492 e. The zero-order valence-electron chi connectivity index (χ0n) is 18.6. The summed E-state index contributed by atoms with van der Waals surface area (Å²) in [6.45, 7) is 8.72. The summed E-state index contributed by atoms with van der Waals surface area (Å²) in [5, 5.41) is 14.4. The summed E-state index contributed by atoms with van der Waals surface area (Å²) in [6, 6.07) is 10.2. The van der Waals surface area contributed by atoms with Gasteiger partial charge >= 0.3 is 0 Å². The molecule has 7 nitrogen and oxygen atoms in total. The van der Waals surface area contributed by atoms with Crippen molar-refractivity contribution in [3.05, 3.63) is 47.9 Å². The van der Waals surface area contributed by atoms with Gasteiger partial charge in [0.2, 0.25) is 0 Å². The standard InChI is InChI=1S/C24H35N5O2/c1-20-14-23(27-19-26-20)29-11-8-24(30,18-29)17-25-16-21-6-5-7-22(15-21)31-13-12-28-9-3-2-4-10-28/h5-7,14-15,19,25,30H,2-4,8-13,16-18H2,1H3/t24-/m0/s1. The van der Waals surface area contributed by atoms with Crippen molar-refractivity contribution in [3.63, 3.8) is 0 Å². The van der Waals surface area contributed by atoms with Gasteiger partial charge < -0.3 is 20.1 Å². The van der Waals surface area contributed by atoms with Crippen LogP contribution in [0.3, 0.4) is 0 Å². The van der Waals surface area contributed by atoms with Gasteiger partial charge in [-0.25, -0.2) is 9.97 Å². The van der Waals surface area contributed by atoms with Gasteiger partial charge in [0.05, 0.1) is 5.60 Å². The second-order valence-electron chi connectivity index (χ2n) is 8.92. The number of hydrogen-bond donors (Lipinski definition) is 2. The SMILES string of the molecule is Cc1cc(N2CC[C@](O)(CNCc3cccc(OCCN4CCCCC4)c3)C2)ncn1. The molecule has 2 aliphatic rings. The highest BCUT2D eigenvalue weighted by Crippen LogP contribution is 2.25. The molecular weight excluding hydrogens is 390 g/mol. The van der Waals surface area contributed by atoms with Gasteiger partial charge in [-0.05, 0) is 57.0 Å². The third-order valence-electron chi connectivity index (χ3n) is 6.25. The average molecular weight is 426 g/mol. The number of aryl methyl sites for hydroxylation is 1. The highest BCUT2D eigenvalue weighted by molar-refractivity contribution is 5.41. The molecule has 2 fully saturated rings. The Morgan fingerprint density at radius 3 is 2.84 bits per heavy atom. The topological polar surface area (TPSA) is 73.8 Å². The van der Waals surface area contributed by atoms with Crippen LogP contribution < -0.4 is 15.0 Å². The molecule has 2 aliphatic heterocycles. The number of nitrogens with one attached hydrogen (secondary N) is 1. The van der Waals surface area contributed by atoms with E-state index in [-0.39, 0.29) is 0 Å². The largest absolute Gasteiger partial charge is 0.492 e. The lowest BCUT2D eigenvalue weighted by molar-refractivity contribution is 0.0626. The van der Waals surface area contributed by atoms with E-state index >= 15 is 0 Å². The number of aromatic nitrogens is 2. The van der Waals surface area contributed by atoms with E-state index in [4.69, 9.17) is 4.74 Å². The molecule has 1 atom stereocenters. The fraction of sp³-hybridized carbons (Fsp3) is 0.583. The molecule has 3 heterocycles. The van der Waals surface area contributed by atoms with Crippen molar-refractivity contribution >= 4 is 5.82 Å². The van der Waals surface area contributed by atoms with E-state index in [0.29, 0.717) is 19.6 Å². The maximum Gasteiger partial charge on any atom is 0.132 e. The third kappa shape index (κ3) is 6.38. The van der Waals surface area contributed by atoms with Crippen molar-refractivity contribution in [1.82, 2.24) is 20.2 Å². The average Bonchev–Trinajstić information content (AvgIpc) is 3.17. The van der Waals surface area contributed by atoms with Gasteiger partial charge in [-0.15, -0.1) is 0 Å². The number of nitrogens with zero attached hydrogens (tertiary/aromatic N) is 4. The highest BCUT2D eigenvalue weighted by Gasteiger charge is 2.36. The first kappa shape index (κ1) is 22.0. The van der Waals surface area contributed by atoms with Crippen LogP contribution in [0.2, 0.25) is 0 Å². The van der Waals surface area contributed by atoms with Crippen LogP contribution in [0.4, 0.5) is 5.82 Å². The van der Waals surface area contributed by atoms with E-state index in [1.165, 1.54) is 37.9 Å². The summed E-state index contributed by atoms with van der Waals surface area (Å²) in [5.41, 5.74) is 1.36. The van der Waals surface area contributed by atoms with Crippen molar-refractivity contribution < 1.29 is 9.84 Å². The molecule has 0 aliphatic carbocycles. The Balaban J connectivity index is 1.21. The lowest BCUT2D eigenvalue weighted by Crippen LogP contribution is -2.43. The maximum atomic E-state index is 11.0. The number of aliphatic hydroxyl groups is 1. The van der Waals surface area contributed by atoms with Crippen LogP contribution in [0.5, 0.6) is 5.75 Å². The zero-order valence-corrected chi connectivity index (χ0v) is 18.6. The van der Waals surface area contributed by atoms with Crippen LogP contribution in [0, 0.1) is 6.92 Å². The fourth-order valence-electron chi connectivity index (χ4n) is 4.47. The smallest absolute Gasteiger partial charge is 0.132 e. The number of likely N-dealkylation sites (tertiary alicyclic amines) is 1. The molecule has 0 unspecified atom stereocenters. The molecule has 0 amide bonds. The number of anilines is 1. The Kier molecular flexibility index (Phi) is 7.37. The Morgan fingerprint density at radius 1 is 1.13 bits per heavy atom. The molecule has 31 heavy (non-hydrogen) atoms. The van der Waals surface area contributed by atoms with E-state index in [0.717, 1.165) is 43.4 Å². The quantitative estimate of drug-likeness (QED) is 0.639. The van der Waals surface area contributed by atoms with E-state index < -0.39 is 5.60 Å². The molecular formula is C24H35N5O2. The van der Waals surface area contributed by atoms with E-state index in [1.807, 2.05) is 25.1 Å². The second kappa shape index (κ2) is 10.4. The molecule has 4 rings (SSSR count). The highest BCUT2D eigenvalue weighted by atomic mass is 16.5. The molecule has 1 aromatic carbocycles. The number of β-amino-alcohol motifs (C(OH)–C–C–N with tert-alkyl or cyclic N) is 1. The Bertz CT molecular complexity index is 842. The number of benzene rings is 1. The van der Waals surface area contributed by atoms with E-state index in [9.17, 15) is 5.11 Å². The van der Waals surface area contributed by atoms with Gasteiger partial charge in [-0.3, -0.25) is 4.90 Å². The molecule has 0 saturated carbocycles. The normalized spacial score (nSPS) is 22.1. The predicted octanol–water partition coefficient (Wildman–Crippen LogP) is 2.38. The van der Waals surface area contributed by atoms with Crippen LogP contribution in [-0.2, 0) is 6.54 Å². The predicted molar refractivity (Wildman–Crippen MR) is 122 cm³/mol. The lowest BCUT2D eigenvalue weighted by atomic mass is 10.0. The Hall–Kier alpha value is -2.22. The molecule has 1 aromatic heterocycles. The monoisotopic (exact) mass is 425 g/mol. The Morgan fingerprint density at radius 2 is 2.00 bits per heavy atom. The van der Waals surface area contributed by atoms with Crippen LogP contribution >= 0.6 is 0 Å². The maximum absolute atomic E-state index is 11.0. The number of hydrogen-bond acceptors (Lipinski definition) is 7. The summed E-state index contributed by atoms with van der Waals surface area (Å²) in [5.74, 6) is 1.80.